The van der Waals surface area contributed by atoms with Gasteiger partial charge in [0, 0.05) is 0 Å². The van der Waals surface area contributed by atoms with E-state index in [1.54, 1.807) is 6.07 Å². The van der Waals surface area contributed by atoms with Gasteiger partial charge in [-0.05, 0) is 47.2 Å². The lowest BCUT2D eigenvalue weighted by atomic mass is 10.0. The molecule has 5 nitrogen and oxygen atoms in total. The van der Waals surface area contributed by atoms with Crippen LogP contribution in [0.4, 0.5) is 26.3 Å². The zero-order chi connectivity index (χ0) is 21.7. The first-order valence-corrected chi connectivity index (χ1v) is 7.55. The van der Waals surface area contributed by atoms with Gasteiger partial charge in [-0.15, -0.1) is 0 Å². The van der Waals surface area contributed by atoms with Gasteiger partial charge in [-0.2, -0.15) is 26.3 Å². The SMILES string of the molecule is O=C(O)C(F)(F)F.O=C(O)C(F)(F)F.Oc1ccc2c(C3CC3)cccc2c1. The molecule has 0 radical (unpaired) electrons. The van der Waals surface area contributed by atoms with Crippen molar-refractivity contribution in [3.05, 3.63) is 42.0 Å². The van der Waals surface area contributed by atoms with E-state index in [1.807, 2.05) is 12.1 Å². The van der Waals surface area contributed by atoms with Gasteiger partial charge in [-0.25, -0.2) is 9.59 Å². The summed E-state index contributed by atoms with van der Waals surface area (Å²) in [4.78, 5) is 17.8. The van der Waals surface area contributed by atoms with Crippen molar-refractivity contribution >= 4 is 22.7 Å². The fourth-order valence-electron chi connectivity index (χ4n) is 2.05. The van der Waals surface area contributed by atoms with Crippen LogP contribution in [0.15, 0.2) is 36.4 Å². The smallest absolute Gasteiger partial charge is 0.490 e. The number of fused-ring (bicyclic) bond motifs is 1. The lowest BCUT2D eigenvalue weighted by molar-refractivity contribution is -0.193. The van der Waals surface area contributed by atoms with Gasteiger partial charge in [0.15, 0.2) is 0 Å². The quantitative estimate of drug-likeness (QED) is 0.591. The highest BCUT2D eigenvalue weighted by Crippen LogP contribution is 2.43. The van der Waals surface area contributed by atoms with Crippen molar-refractivity contribution in [2.45, 2.75) is 31.1 Å². The number of phenols is 1. The van der Waals surface area contributed by atoms with Crippen molar-refractivity contribution < 1.29 is 51.3 Å². The minimum atomic E-state index is -5.08. The second-order valence-electron chi connectivity index (χ2n) is 5.63. The Morgan fingerprint density at radius 2 is 1.32 bits per heavy atom. The van der Waals surface area contributed by atoms with E-state index < -0.39 is 24.3 Å². The molecule has 28 heavy (non-hydrogen) atoms. The van der Waals surface area contributed by atoms with Crippen LogP contribution in [0, 0.1) is 0 Å². The third-order valence-corrected chi connectivity index (χ3v) is 3.40. The van der Waals surface area contributed by atoms with Crippen LogP contribution in [0.2, 0.25) is 0 Å². The molecule has 0 unspecified atom stereocenters. The fraction of sp³-hybridized carbons (Fsp3) is 0.294. The number of phenolic OH excluding ortho intramolecular Hbond substituents is 1. The number of hydrogen-bond acceptors (Lipinski definition) is 3. The van der Waals surface area contributed by atoms with E-state index in [2.05, 4.69) is 18.2 Å². The van der Waals surface area contributed by atoms with Gasteiger partial charge < -0.3 is 15.3 Å². The van der Waals surface area contributed by atoms with E-state index in [4.69, 9.17) is 19.8 Å². The average molecular weight is 412 g/mol. The first kappa shape index (κ1) is 23.1. The molecule has 0 aliphatic heterocycles. The number of rotatable bonds is 1. The van der Waals surface area contributed by atoms with E-state index in [9.17, 15) is 31.4 Å². The molecule has 0 saturated heterocycles. The Kier molecular flexibility index (Phi) is 7.25. The third-order valence-electron chi connectivity index (χ3n) is 3.40. The first-order valence-electron chi connectivity index (χ1n) is 7.55. The number of benzene rings is 2. The Labute approximate surface area is 153 Å². The number of carbonyl (C=O) groups is 2. The summed E-state index contributed by atoms with van der Waals surface area (Å²) in [7, 11) is 0. The monoisotopic (exact) mass is 412 g/mol. The largest absolute Gasteiger partial charge is 0.508 e. The predicted molar refractivity (Wildman–Crippen MR) is 85.0 cm³/mol. The maximum atomic E-state index is 10.6. The van der Waals surface area contributed by atoms with Crippen molar-refractivity contribution in [2.75, 3.05) is 0 Å². The van der Waals surface area contributed by atoms with Gasteiger partial charge in [0.1, 0.15) is 5.75 Å². The molecule has 0 amide bonds. The van der Waals surface area contributed by atoms with Gasteiger partial charge in [0.2, 0.25) is 0 Å². The van der Waals surface area contributed by atoms with Crippen LogP contribution >= 0.6 is 0 Å². The molecular formula is C17H14F6O5. The van der Waals surface area contributed by atoms with Crippen molar-refractivity contribution in [1.29, 1.82) is 0 Å². The lowest BCUT2D eigenvalue weighted by Crippen LogP contribution is -2.21. The summed E-state index contributed by atoms with van der Waals surface area (Å²) in [6.45, 7) is 0. The van der Waals surface area contributed by atoms with E-state index in [-0.39, 0.29) is 0 Å². The Hall–Kier alpha value is -2.98. The number of alkyl halides is 6. The fourth-order valence-corrected chi connectivity index (χ4v) is 2.05. The molecule has 3 N–H and O–H groups in total. The Morgan fingerprint density at radius 3 is 1.71 bits per heavy atom. The maximum absolute atomic E-state index is 10.6. The molecule has 1 aliphatic rings. The minimum Gasteiger partial charge on any atom is -0.508 e. The van der Waals surface area contributed by atoms with Crippen LogP contribution in [0.1, 0.15) is 24.3 Å². The zero-order valence-electron chi connectivity index (χ0n) is 13.9. The molecule has 1 fully saturated rings. The normalized spacial score (nSPS) is 13.6. The van der Waals surface area contributed by atoms with Crippen LogP contribution in [0.3, 0.4) is 0 Å². The molecule has 1 aliphatic carbocycles. The van der Waals surface area contributed by atoms with Crippen molar-refractivity contribution in [2.24, 2.45) is 0 Å². The average Bonchev–Trinajstić information content (AvgIpc) is 3.38. The molecule has 0 aromatic heterocycles. The van der Waals surface area contributed by atoms with Crippen LogP contribution < -0.4 is 0 Å². The summed E-state index contributed by atoms with van der Waals surface area (Å²) < 4.78 is 63.5. The number of carboxylic acid groups (broad SMARTS) is 2. The van der Waals surface area contributed by atoms with Crippen LogP contribution in [0.25, 0.3) is 10.8 Å². The molecule has 154 valence electrons. The van der Waals surface area contributed by atoms with Crippen LogP contribution in [-0.4, -0.2) is 39.6 Å². The molecule has 2 aromatic rings. The molecule has 1 saturated carbocycles. The van der Waals surface area contributed by atoms with E-state index in [0.29, 0.717) is 5.75 Å². The van der Waals surface area contributed by atoms with Crippen LogP contribution in [-0.2, 0) is 9.59 Å². The predicted octanol–water partition coefficient (Wildman–Crippen LogP) is 4.69. The number of carboxylic acids is 2. The van der Waals surface area contributed by atoms with Gasteiger partial charge in [0.05, 0.1) is 0 Å². The molecule has 0 bridgehead atoms. The van der Waals surface area contributed by atoms with Gasteiger partial charge in [-0.1, -0.05) is 24.3 Å². The third kappa shape index (κ3) is 7.33. The first-order chi connectivity index (χ1) is 12.7. The summed E-state index contributed by atoms with van der Waals surface area (Å²) in [6, 6.07) is 12.0. The number of halogens is 6. The highest BCUT2D eigenvalue weighted by Gasteiger charge is 2.38. The summed E-state index contributed by atoms with van der Waals surface area (Å²) in [5, 5.41) is 26.1. The number of aliphatic carboxylic acids is 2. The molecule has 0 atom stereocenters. The summed E-state index contributed by atoms with van der Waals surface area (Å²) in [5.41, 5.74) is 1.45. The lowest BCUT2D eigenvalue weighted by Gasteiger charge is -2.04. The minimum absolute atomic E-state index is 0.352. The highest BCUT2D eigenvalue weighted by atomic mass is 19.4. The zero-order valence-corrected chi connectivity index (χ0v) is 13.9. The van der Waals surface area contributed by atoms with Crippen molar-refractivity contribution in [3.8, 4) is 5.75 Å². The maximum Gasteiger partial charge on any atom is 0.490 e. The Morgan fingerprint density at radius 1 is 0.857 bits per heavy atom. The Balaban J connectivity index is 0.000000240. The second-order valence-corrected chi connectivity index (χ2v) is 5.63. The summed E-state index contributed by atoms with van der Waals surface area (Å²) >= 11 is 0. The van der Waals surface area contributed by atoms with Gasteiger partial charge in [0.25, 0.3) is 0 Å². The van der Waals surface area contributed by atoms with E-state index >= 15 is 0 Å². The Bertz CT molecular complexity index is 816. The highest BCUT2D eigenvalue weighted by molar-refractivity contribution is 5.87. The number of hydrogen-bond donors (Lipinski definition) is 3. The van der Waals surface area contributed by atoms with E-state index in [0.717, 1.165) is 11.3 Å². The van der Waals surface area contributed by atoms with Gasteiger partial charge >= 0.3 is 24.3 Å². The summed E-state index contributed by atoms with van der Waals surface area (Å²) in [6.07, 6.45) is -7.53. The van der Waals surface area contributed by atoms with Crippen LogP contribution in [0.5, 0.6) is 5.75 Å². The molecule has 0 heterocycles. The standard InChI is InChI=1S/C13H12O.2C2HF3O2/c14-11-6-7-13-10(8-11)2-1-3-12(13)9-4-5-9;2*3-2(4,5)1(6)7/h1-3,6-9,14H,4-5H2;2*(H,6,7). The molecule has 2 aromatic carbocycles. The number of aromatic hydroxyl groups is 1. The van der Waals surface area contributed by atoms with E-state index in [1.165, 1.54) is 23.8 Å². The topological polar surface area (TPSA) is 94.8 Å². The molecular weight excluding hydrogens is 398 g/mol. The molecule has 11 heteroatoms. The van der Waals surface area contributed by atoms with Crippen molar-refractivity contribution in [1.82, 2.24) is 0 Å². The second kappa shape index (κ2) is 8.81. The van der Waals surface area contributed by atoms with Crippen molar-refractivity contribution in [3.63, 3.8) is 0 Å². The summed E-state index contributed by atoms with van der Waals surface area (Å²) in [5.74, 6) is -4.39. The molecule has 3 rings (SSSR count). The molecule has 0 spiro atoms. The van der Waals surface area contributed by atoms with Gasteiger partial charge in [-0.3, -0.25) is 0 Å².